The third-order valence-electron chi connectivity index (χ3n) is 4.95. The molecule has 31 heavy (non-hydrogen) atoms. The van der Waals surface area contributed by atoms with Crippen LogP contribution in [0.4, 0.5) is 0 Å². The summed E-state index contributed by atoms with van der Waals surface area (Å²) in [6, 6.07) is 3.56. The third-order valence-corrected chi connectivity index (χ3v) is 5.85. The SMILES string of the molecule is O=C(O)CCCCCC(=O)OC[C@H]1O[C@@H](n2cc(-c3cccs3)c(=O)[nH]c2=O)C[C@@H]1O. The molecule has 3 atom stereocenters. The van der Waals surface area contributed by atoms with E-state index in [0.29, 0.717) is 29.7 Å². The van der Waals surface area contributed by atoms with Gasteiger partial charge in [0.25, 0.3) is 5.56 Å². The first kappa shape index (κ1) is 22.9. The molecule has 2 aromatic rings. The van der Waals surface area contributed by atoms with E-state index in [1.807, 2.05) is 5.38 Å². The van der Waals surface area contributed by atoms with E-state index in [4.69, 9.17) is 14.6 Å². The zero-order valence-corrected chi connectivity index (χ0v) is 17.5. The van der Waals surface area contributed by atoms with Crippen LogP contribution in [-0.4, -0.2) is 50.5 Å². The summed E-state index contributed by atoms with van der Waals surface area (Å²) in [5, 5.41) is 20.7. The molecule has 3 rings (SSSR count). The van der Waals surface area contributed by atoms with Gasteiger partial charge in [-0.1, -0.05) is 12.5 Å². The van der Waals surface area contributed by atoms with E-state index in [2.05, 4.69) is 4.98 Å². The summed E-state index contributed by atoms with van der Waals surface area (Å²) >= 11 is 1.36. The van der Waals surface area contributed by atoms with Gasteiger partial charge < -0.3 is 19.7 Å². The van der Waals surface area contributed by atoms with Gasteiger partial charge in [0, 0.05) is 30.3 Å². The lowest BCUT2D eigenvalue weighted by atomic mass is 10.1. The van der Waals surface area contributed by atoms with Crippen molar-refractivity contribution in [2.45, 2.75) is 57.0 Å². The van der Waals surface area contributed by atoms with Crippen molar-refractivity contribution in [3.05, 3.63) is 44.5 Å². The van der Waals surface area contributed by atoms with Gasteiger partial charge in [-0.25, -0.2) is 4.79 Å². The second kappa shape index (κ2) is 10.5. The summed E-state index contributed by atoms with van der Waals surface area (Å²) in [4.78, 5) is 49.7. The number of ether oxygens (including phenoxy) is 2. The highest BCUT2D eigenvalue weighted by molar-refractivity contribution is 7.13. The fourth-order valence-electron chi connectivity index (χ4n) is 3.31. The number of nitrogens with zero attached hydrogens (tertiary/aromatic N) is 1. The summed E-state index contributed by atoms with van der Waals surface area (Å²) in [7, 11) is 0. The number of unbranched alkanes of at least 4 members (excludes halogenated alkanes) is 2. The Morgan fingerprint density at radius 1 is 1.26 bits per heavy atom. The smallest absolute Gasteiger partial charge is 0.330 e. The fourth-order valence-corrected chi connectivity index (χ4v) is 4.05. The van der Waals surface area contributed by atoms with E-state index < -0.39 is 41.6 Å². The van der Waals surface area contributed by atoms with Crippen LogP contribution in [0.15, 0.2) is 33.3 Å². The highest BCUT2D eigenvalue weighted by Crippen LogP contribution is 2.29. The normalized spacial score (nSPS) is 20.6. The minimum atomic E-state index is -0.947. The lowest BCUT2D eigenvalue weighted by molar-refractivity contribution is -0.150. The van der Waals surface area contributed by atoms with Crippen LogP contribution in [0.3, 0.4) is 0 Å². The largest absolute Gasteiger partial charge is 0.481 e. The Morgan fingerprint density at radius 3 is 2.74 bits per heavy atom. The van der Waals surface area contributed by atoms with E-state index >= 15 is 0 Å². The van der Waals surface area contributed by atoms with Gasteiger partial charge in [0.1, 0.15) is 18.9 Å². The molecule has 10 nitrogen and oxygen atoms in total. The van der Waals surface area contributed by atoms with Crippen LogP contribution in [0.5, 0.6) is 0 Å². The van der Waals surface area contributed by atoms with Crippen molar-refractivity contribution in [1.82, 2.24) is 9.55 Å². The van der Waals surface area contributed by atoms with Crippen molar-refractivity contribution in [3.63, 3.8) is 0 Å². The topological polar surface area (TPSA) is 148 Å². The number of H-pyrrole nitrogens is 1. The zero-order chi connectivity index (χ0) is 22.4. The molecule has 1 aliphatic heterocycles. The summed E-state index contributed by atoms with van der Waals surface area (Å²) in [6.45, 7) is -0.165. The highest BCUT2D eigenvalue weighted by atomic mass is 32.1. The first-order chi connectivity index (χ1) is 14.8. The monoisotopic (exact) mass is 452 g/mol. The minimum Gasteiger partial charge on any atom is -0.481 e. The van der Waals surface area contributed by atoms with Gasteiger partial charge >= 0.3 is 17.6 Å². The molecular formula is C20H24N2O8S. The minimum absolute atomic E-state index is 0.0663. The average molecular weight is 452 g/mol. The van der Waals surface area contributed by atoms with E-state index in [9.17, 15) is 24.3 Å². The van der Waals surface area contributed by atoms with Crippen molar-refractivity contribution in [1.29, 1.82) is 0 Å². The average Bonchev–Trinajstić information content (AvgIpc) is 3.36. The summed E-state index contributed by atoms with van der Waals surface area (Å²) in [6.07, 6.45) is 0.792. The summed E-state index contributed by atoms with van der Waals surface area (Å²) in [5.74, 6) is -1.33. The van der Waals surface area contributed by atoms with Gasteiger partial charge in [-0.3, -0.25) is 23.9 Å². The van der Waals surface area contributed by atoms with Crippen molar-refractivity contribution < 1.29 is 29.3 Å². The van der Waals surface area contributed by atoms with E-state index in [1.54, 1.807) is 12.1 Å². The number of aromatic amines is 1. The zero-order valence-electron chi connectivity index (χ0n) is 16.7. The Balaban J connectivity index is 1.55. The number of rotatable bonds is 10. The molecule has 1 aliphatic rings. The molecule has 0 unspecified atom stereocenters. The van der Waals surface area contributed by atoms with Crippen LogP contribution in [0.25, 0.3) is 10.4 Å². The number of hydrogen-bond donors (Lipinski definition) is 3. The first-order valence-electron chi connectivity index (χ1n) is 9.95. The molecule has 1 fully saturated rings. The molecule has 2 aromatic heterocycles. The Hall–Kier alpha value is -2.76. The highest BCUT2D eigenvalue weighted by Gasteiger charge is 2.36. The maximum absolute atomic E-state index is 12.3. The molecule has 3 heterocycles. The van der Waals surface area contributed by atoms with Crippen molar-refractivity contribution in [3.8, 4) is 10.4 Å². The van der Waals surface area contributed by atoms with Crippen molar-refractivity contribution in [2.24, 2.45) is 0 Å². The standard InChI is InChI=1S/C20H24N2O8S/c23-13-9-16(22-10-12(15-5-4-8-31-15)19(27)21-20(22)28)30-14(13)11-29-18(26)7-3-1-2-6-17(24)25/h4-5,8,10,13-14,16,23H,1-3,6-7,9,11H2,(H,24,25)(H,21,27,28)/t13-,14+,16+/m0/s1. The molecule has 3 N–H and O–H groups in total. The number of aromatic nitrogens is 2. The van der Waals surface area contributed by atoms with E-state index in [0.717, 1.165) is 0 Å². The molecular weight excluding hydrogens is 428 g/mol. The van der Waals surface area contributed by atoms with E-state index in [-0.39, 0.29) is 25.9 Å². The van der Waals surface area contributed by atoms with Gasteiger partial charge in [0.2, 0.25) is 0 Å². The molecule has 0 spiro atoms. The van der Waals surface area contributed by atoms with Gasteiger partial charge in [-0.2, -0.15) is 0 Å². The Labute approximate surface area is 181 Å². The quantitative estimate of drug-likeness (QED) is 0.363. The van der Waals surface area contributed by atoms with Crippen LogP contribution in [0.1, 0.15) is 44.8 Å². The second-order valence-corrected chi connectivity index (χ2v) is 8.20. The number of carboxylic acid groups (broad SMARTS) is 1. The number of aliphatic hydroxyl groups excluding tert-OH is 1. The number of carboxylic acids is 1. The number of carbonyl (C=O) groups excluding carboxylic acids is 1. The predicted octanol–water partition coefficient (Wildman–Crippen LogP) is 1.49. The second-order valence-electron chi connectivity index (χ2n) is 7.26. The Morgan fingerprint density at radius 2 is 2.03 bits per heavy atom. The molecule has 1 saturated heterocycles. The van der Waals surface area contributed by atoms with Crippen LogP contribution in [0, 0.1) is 0 Å². The number of carbonyl (C=O) groups is 2. The molecule has 0 bridgehead atoms. The van der Waals surface area contributed by atoms with Crippen LogP contribution < -0.4 is 11.2 Å². The number of hydrogen-bond acceptors (Lipinski definition) is 8. The van der Waals surface area contributed by atoms with Gasteiger partial charge in [0.15, 0.2) is 0 Å². The maximum Gasteiger partial charge on any atom is 0.330 e. The van der Waals surface area contributed by atoms with Gasteiger partial charge in [0.05, 0.1) is 11.7 Å². The van der Waals surface area contributed by atoms with Crippen molar-refractivity contribution >= 4 is 23.3 Å². The number of thiophene rings is 1. The third kappa shape index (κ3) is 6.12. The Bertz CT molecular complexity index is 1010. The first-order valence-corrected chi connectivity index (χ1v) is 10.8. The van der Waals surface area contributed by atoms with Crippen molar-refractivity contribution in [2.75, 3.05) is 6.61 Å². The lowest BCUT2D eigenvalue weighted by Crippen LogP contribution is -2.33. The van der Waals surface area contributed by atoms with E-state index in [1.165, 1.54) is 22.1 Å². The molecule has 0 aliphatic carbocycles. The molecule has 0 aromatic carbocycles. The maximum atomic E-state index is 12.3. The number of esters is 1. The summed E-state index contributed by atoms with van der Waals surface area (Å²) < 4.78 is 12.1. The number of aliphatic hydroxyl groups is 1. The molecule has 168 valence electrons. The Kier molecular flexibility index (Phi) is 7.77. The van der Waals surface area contributed by atoms with Crippen LogP contribution in [0.2, 0.25) is 0 Å². The molecule has 0 radical (unpaired) electrons. The molecule has 0 amide bonds. The van der Waals surface area contributed by atoms with Gasteiger partial charge in [-0.15, -0.1) is 11.3 Å². The lowest BCUT2D eigenvalue weighted by Gasteiger charge is -2.16. The van der Waals surface area contributed by atoms with Gasteiger partial charge in [-0.05, 0) is 24.3 Å². The molecule has 0 saturated carbocycles. The van der Waals surface area contributed by atoms with Crippen LogP contribution in [-0.2, 0) is 19.1 Å². The number of nitrogens with one attached hydrogen (secondary N) is 1. The molecule has 11 heteroatoms. The fraction of sp³-hybridized carbons (Fsp3) is 0.500. The van der Waals surface area contributed by atoms with Crippen LogP contribution >= 0.6 is 11.3 Å². The predicted molar refractivity (Wildman–Crippen MR) is 111 cm³/mol. The number of aliphatic carboxylic acids is 1. The summed E-state index contributed by atoms with van der Waals surface area (Å²) in [5.41, 5.74) is -0.831.